The fraction of sp³-hybridized carbons (Fsp3) is 0.667. The van der Waals surface area contributed by atoms with Crippen LogP contribution < -0.4 is 11.1 Å². The molecule has 2 aliphatic rings. The number of hydrogen-bond acceptors (Lipinski definition) is 10. The number of carboxylic acid groups (broad SMARTS) is 1. The summed E-state index contributed by atoms with van der Waals surface area (Å²) in [4.78, 5) is 65.8. The van der Waals surface area contributed by atoms with Gasteiger partial charge < -0.3 is 30.7 Å². The number of aliphatic carboxylic acids is 1. The fourth-order valence-electron chi connectivity index (χ4n) is 8.85. The topological polar surface area (TPSA) is 158 Å². The van der Waals surface area contributed by atoms with E-state index < -0.39 is 35.0 Å². The molecule has 0 spiro atoms. The van der Waals surface area contributed by atoms with Crippen molar-refractivity contribution in [2.24, 2.45) is 11.3 Å². The highest BCUT2D eigenvalue weighted by Crippen LogP contribution is 2.37. The van der Waals surface area contributed by atoms with Gasteiger partial charge in [0, 0.05) is 49.1 Å². The first-order valence-corrected chi connectivity index (χ1v) is 22.1. The van der Waals surface area contributed by atoms with Gasteiger partial charge in [0.25, 0.3) is 0 Å². The summed E-state index contributed by atoms with van der Waals surface area (Å²) < 4.78 is 6.32. The summed E-state index contributed by atoms with van der Waals surface area (Å²) in [6.07, 6.45) is 5.35. The lowest BCUT2D eigenvalue weighted by molar-refractivity contribution is -0.147. The van der Waals surface area contributed by atoms with Gasteiger partial charge in [-0.1, -0.05) is 54.2 Å². The predicted octanol–water partition coefficient (Wildman–Crippen LogP) is 7.45. The minimum absolute atomic E-state index is 0.0362. The molecule has 1 fully saturated rings. The zero-order valence-electron chi connectivity index (χ0n) is 36.7. The number of rotatable bonds is 20. The van der Waals surface area contributed by atoms with Crippen molar-refractivity contribution in [2.75, 3.05) is 39.5 Å². The average molecular weight is 823 g/mol. The smallest absolute Gasteiger partial charge is 0.311 e. The minimum Gasteiger partial charge on any atom is -0.488 e. The number of anilines is 1. The second-order valence-electron chi connectivity index (χ2n) is 17.7. The minimum atomic E-state index is -0.877. The highest BCUT2D eigenvalue weighted by molar-refractivity contribution is 7.09. The van der Waals surface area contributed by atoms with Gasteiger partial charge in [-0.25, -0.2) is 4.98 Å². The third-order valence-corrected chi connectivity index (χ3v) is 14.0. The monoisotopic (exact) mass is 823 g/mol. The number of hydrogen-bond donors (Lipinski definition) is 3. The molecule has 2 amide bonds. The lowest BCUT2D eigenvalue weighted by Crippen LogP contribution is -2.65. The van der Waals surface area contributed by atoms with E-state index in [0.29, 0.717) is 67.3 Å². The van der Waals surface area contributed by atoms with Gasteiger partial charge in [-0.2, -0.15) is 0 Å². The molecule has 2 aromatic rings. The molecule has 13 heteroatoms. The lowest BCUT2D eigenvalue weighted by Gasteiger charge is -2.46. The van der Waals surface area contributed by atoms with Crippen LogP contribution in [0.4, 0.5) is 5.69 Å². The van der Waals surface area contributed by atoms with Gasteiger partial charge in [0.15, 0.2) is 11.9 Å². The molecule has 1 saturated heterocycles. The highest BCUT2D eigenvalue weighted by Gasteiger charge is 2.47. The number of nitrogens with two attached hydrogens (primary N) is 1. The first kappa shape index (κ1) is 46.9. The molecule has 1 aliphatic heterocycles. The molecular weight excluding hydrogens is 753 g/mol. The SMILES string of the molecule is C=C(C)O[C@H](C[C@H](C(C)C)N(CC)C(=O)[C@@H](NC(=O)C1(CC)CCCCN1C)C(C)(C)CC)c1nc(C(=O)CCN(C)[C@H]2Cc3ccc(N)cc3[C@H](C(=O)O)C2)cs1. The first-order chi connectivity index (χ1) is 27.3. The van der Waals surface area contributed by atoms with Crippen molar-refractivity contribution in [1.82, 2.24) is 25.0 Å². The third-order valence-electron chi connectivity index (χ3n) is 13.1. The largest absolute Gasteiger partial charge is 0.488 e. The van der Waals surface area contributed by atoms with Crippen molar-refractivity contribution in [3.05, 3.63) is 57.7 Å². The van der Waals surface area contributed by atoms with E-state index in [0.717, 1.165) is 36.9 Å². The number of likely N-dealkylation sites (tertiary alicyclic amines) is 1. The van der Waals surface area contributed by atoms with Gasteiger partial charge in [0.05, 0.1) is 17.2 Å². The van der Waals surface area contributed by atoms with E-state index in [1.807, 2.05) is 45.8 Å². The van der Waals surface area contributed by atoms with Crippen molar-refractivity contribution in [1.29, 1.82) is 0 Å². The van der Waals surface area contributed by atoms with E-state index in [4.69, 9.17) is 15.5 Å². The second-order valence-corrected chi connectivity index (χ2v) is 18.5. The summed E-state index contributed by atoms with van der Waals surface area (Å²) in [6.45, 7) is 21.9. The fourth-order valence-corrected chi connectivity index (χ4v) is 9.71. The molecule has 1 unspecified atom stereocenters. The molecule has 4 N–H and O–H groups in total. The maximum atomic E-state index is 14.9. The van der Waals surface area contributed by atoms with Gasteiger partial charge in [-0.3, -0.25) is 24.1 Å². The molecule has 1 aromatic carbocycles. The maximum absolute atomic E-state index is 14.9. The molecule has 58 heavy (non-hydrogen) atoms. The van der Waals surface area contributed by atoms with Gasteiger partial charge in [0.2, 0.25) is 11.8 Å². The van der Waals surface area contributed by atoms with Crippen molar-refractivity contribution >= 4 is 40.6 Å². The number of nitrogen functional groups attached to an aromatic ring is 1. The number of nitrogens with zero attached hydrogens (tertiary/aromatic N) is 4. The van der Waals surface area contributed by atoms with E-state index in [9.17, 15) is 24.3 Å². The standard InChI is InChI=1S/C45H70N6O6S/c1-12-44(8,9)39(48-43(56)45(13-2)20-15-16-21-50(45)11)41(53)51(14-3)36(28(4)5)26-38(57-29(6)7)40-47-35(27-58-40)37(52)19-22-49(10)32-23-30-17-18-31(46)24-33(30)34(25-32)42(54)55/h17-18,24,27-28,32,34,36,38-39H,6,12-16,19-23,25-26,46H2,1-5,7-11H3,(H,48,56)(H,54,55)/t32-,34+,36+,38+,39+,45?/m0/s1. The zero-order valence-corrected chi connectivity index (χ0v) is 37.5. The van der Waals surface area contributed by atoms with Crippen molar-refractivity contribution in [2.45, 2.75) is 149 Å². The summed E-state index contributed by atoms with van der Waals surface area (Å²) in [6, 6.07) is 4.43. The number of ether oxygens (including phenoxy) is 1. The lowest BCUT2D eigenvalue weighted by atomic mass is 9.78. The number of thiazole rings is 1. The Bertz CT molecular complexity index is 1780. The number of aromatic nitrogens is 1. The summed E-state index contributed by atoms with van der Waals surface area (Å²) in [5.74, 6) is -1.30. The number of nitrogens with one attached hydrogen (secondary N) is 1. The normalized spacial score (nSPS) is 21.5. The Kier molecular flexibility index (Phi) is 16.1. The number of likely N-dealkylation sites (N-methyl/N-ethyl adjacent to an activating group) is 3. The summed E-state index contributed by atoms with van der Waals surface area (Å²) in [5.41, 5.74) is 7.46. The summed E-state index contributed by atoms with van der Waals surface area (Å²) in [5, 5.41) is 15.7. The second kappa shape index (κ2) is 20.0. The zero-order chi connectivity index (χ0) is 43.1. The van der Waals surface area contributed by atoms with Crippen molar-refractivity contribution < 1.29 is 29.0 Å². The molecule has 0 bridgehead atoms. The van der Waals surface area contributed by atoms with Crippen LogP contribution in [0.3, 0.4) is 0 Å². The molecule has 0 saturated carbocycles. The number of ketones is 1. The van der Waals surface area contributed by atoms with Crippen LogP contribution in [-0.2, 0) is 25.5 Å². The van der Waals surface area contributed by atoms with Crippen LogP contribution in [0.25, 0.3) is 0 Å². The van der Waals surface area contributed by atoms with Crippen molar-refractivity contribution in [3.63, 3.8) is 0 Å². The number of fused-ring (bicyclic) bond motifs is 1. The van der Waals surface area contributed by atoms with Crippen LogP contribution >= 0.6 is 11.3 Å². The van der Waals surface area contributed by atoms with Crippen LogP contribution in [-0.4, -0.2) is 106 Å². The third kappa shape index (κ3) is 10.7. The van der Waals surface area contributed by atoms with Gasteiger partial charge in [-0.05, 0) is 114 Å². The van der Waals surface area contributed by atoms with E-state index in [-0.39, 0.29) is 42.0 Å². The number of piperidine rings is 1. The number of carboxylic acids is 1. The summed E-state index contributed by atoms with van der Waals surface area (Å²) >= 11 is 1.36. The van der Waals surface area contributed by atoms with Gasteiger partial charge >= 0.3 is 5.97 Å². The molecular formula is C45H70N6O6S. The summed E-state index contributed by atoms with van der Waals surface area (Å²) in [7, 11) is 3.95. The Hall–Kier alpha value is -3.81. The number of Topliss-reactive ketones (excluding diaryl/α,β-unsaturated/α-hetero) is 1. The Morgan fingerprint density at radius 2 is 1.90 bits per heavy atom. The van der Waals surface area contributed by atoms with E-state index in [2.05, 4.69) is 49.4 Å². The number of amides is 2. The van der Waals surface area contributed by atoms with Crippen LogP contribution in [0.2, 0.25) is 0 Å². The molecule has 1 aromatic heterocycles. The number of allylic oxidation sites excluding steroid dienone is 1. The molecule has 4 rings (SSSR count). The number of benzene rings is 1. The maximum Gasteiger partial charge on any atom is 0.311 e. The Balaban J connectivity index is 1.51. The number of carbonyl (C=O) groups excluding carboxylic acids is 3. The average Bonchev–Trinajstić information content (AvgIpc) is 3.68. The molecule has 6 atom stereocenters. The highest BCUT2D eigenvalue weighted by atomic mass is 32.1. The van der Waals surface area contributed by atoms with Crippen LogP contribution in [0.1, 0.15) is 145 Å². The Morgan fingerprint density at radius 3 is 2.48 bits per heavy atom. The van der Waals surface area contributed by atoms with E-state index in [1.54, 1.807) is 24.4 Å². The molecule has 12 nitrogen and oxygen atoms in total. The predicted molar refractivity (Wildman–Crippen MR) is 232 cm³/mol. The van der Waals surface area contributed by atoms with Crippen LogP contribution in [0.5, 0.6) is 0 Å². The first-order valence-electron chi connectivity index (χ1n) is 21.2. The van der Waals surface area contributed by atoms with Crippen molar-refractivity contribution in [3.8, 4) is 0 Å². The van der Waals surface area contributed by atoms with Crippen LogP contribution in [0.15, 0.2) is 35.9 Å². The van der Waals surface area contributed by atoms with E-state index in [1.165, 1.54) is 11.3 Å². The van der Waals surface area contributed by atoms with E-state index >= 15 is 0 Å². The van der Waals surface area contributed by atoms with Gasteiger partial charge in [0.1, 0.15) is 16.7 Å². The Labute approximate surface area is 351 Å². The quantitative estimate of drug-likeness (QED) is 0.0696. The molecule has 1 aliphatic carbocycles. The molecule has 322 valence electrons. The molecule has 0 radical (unpaired) electrons. The van der Waals surface area contributed by atoms with Crippen LogP contribution in [0, 0.1) is 11.3 Å². The Morgan fingerprint density at radius 1 is 1.19 bits per heavy atom. The van der Waals surface area contributed by atoms with Gasteiger partial charge in [-0.15, -0.1) is 11.3 Å². The molecule has 2 heterocycles. The number of carbonyl (C=O) groups is 4.